The van der Waals surface area contributed by atoms with Gasteiger partial charge in [0.25, 0.3) is 0 Å². The van der Waals surface area contributed by atoms with Crippen molar-refractivity contribution in [1.82, 2.24) is 15.0 Å². The minimum absolute atomic E-state index is 0.0602. The topological polar surface area (TPSA) is 77.2 Å². The first kappa shape index (κ1) is 16.7. The Morgan fingerprint density at radius 3 is 2.48 bits per heavy atom. The standard InChI is InChI=1S/C19H19N3O3/c1-12-4-5-15(13(2)10-12)11-22-18(17(19(23)24)20-21-22)14-6-8-16(25-3)9-7-14/h4-10H,11H2,1-3H3,(H,23,24). The molecule has 6 heteroatoms. The summed E-state index contributed by atoms with van der Waals surface area (Å²) in [6, 6.07) is 13.3. The Hall–Kier alpha value is -3.15. The number of hydrogen-bond acceptors (Lipinski definition) is 4. The fourth-order valence-electron chi connectivity index (χ4n) is 2.79. The Bertz CT molecular complexity index is 914. The van der Waals surface area contributed by atoms with E-state index >= 15 is 0 Å². The highest BCUT2D eigenvalue weighted by atomic mass is 16.5. The van der Waals surface area contributed by atoms with Crippen molar-refractivity contribution in [2.24, 2.45) is 0 Å². The normalized spacial score (nSPS) is 10.7. The number of aryl methyl sites for hydroxylation is 2. The number of carbonyl (C=O) groups is 1. The Balaban J connectivity index is 2.06. The lowest BCUT2D eigenvalue weighted by Crippen LogP contribution is -2.07. The lowest BCUT2D eigenvalue weighted by molar-refractivity contribution is 0.0691. The molecule has 128 valence electrons. The van der Waals surface area contributed by atoms with Crippen LogP contribution in [-0.4, -0.2) is 33.2 Å². The zero-order chi connectivity index (χ0) is 18.0. The quantitative estimate of drug-likeness (QED) is 0.773. The van der Waals surface area contributed by atoms with Crippen molar-refractivity contribution in [3.63, 3.8) is 0 Å². The van der Waals surface area contributed by atoms with Crippen LogP contribution >= 0.6 is 0 Å². The molecule has 0 aliphatic rings. The molecule has 0 spiro atoms. The van der Waals surface area contributed by atoms with E-state index in [-0.39, 0.29) is 5.69 Å². The molecule has 0 saturated carbocycles. The first-order chi connectivity index (χ1) is 12.0. The zero-order valence-electron chi connectivity index (χ0n) is 14.4. The minimum atomic E-state index is -1.10. The molecule has 0 fully saturated rings. The SMILES string of the molecule is COc1ccc(-c2c(C(=O)O)nnn2Cc2ccc(C)cc2C)cc1. The third-order valence-corrected chi connectivity index (χ3v) is 4.12. The molecule has 0 aliphatic carbocycles. The first-order valence-electron chi connectivity index (χ1n) is 7.87. The number of aromatic carboxylic acids is 1. The van der Waals surface area contributed by atoms with Gasteiger partial charge in [-0.3, -0.25) is 0 Å². The van der Waals surface area contributed by atoms with Crippen LogP contribution < -0.4 is 4.74 Å². The average molecular weight is 337 g/mol. The number of hydrogen-bond donors (Lipinski definition) is 1. The highest BCUT2D eigenvalue weighted by Gasteiger charge is 2.21. The third-order valence-electron chi connectivity index (χ3n) is 4.12. The zero-order valence-corrected chi connectivity index (χ0v) is 14.4. The van der Waals surface area contributed by atoms with Gasteiger partial charge < -0.3 is 9.84 Å². The maximum Gasteiger partial charge on any atom is 0.358 e. The molecule has 3 aromatic rings. The molecule has 0 unspecified atom stereocenters. The summed E-state index contributed by atoms with van der Waals surface area (Å²) in [5.41, 5.74) is 4.54. The summed E-state index contributed by atoms with van der Waals surface area (Å²) < 4.78 is 6.79. The molecule has 0 radical (unpaired) electrons. The van der Waals surface area contributed by atoms with E-state index < -0.39 is 5.97 Å². The van der Waals surface area contributed by atoms with Gasteiger partial charge >= 0.3 is 5.97 Å². The molecule has 0 amide bonds. The Labute approximate surface area is 145 Å². The second kappa shape index (κ2) is 6.76. The van der Waals surface area contributed by atoms with Gasteiger partial charge in [0.15, 0.2) is 5.69 Å². The molecule has 0 atom stereocenters. The molecular weight excluding hydrogens is 318 g/mol. The summed E-state index contributed by atoms with van der Waals surface area (Å²) in [4.78, 5) is 11.6. The Morgan fingerprint density at radius 2 is 1.88 bits per heavy atom. The van der Waals surface area contributed by atoms with E-state index in [9.17, 15) is 9.90 Å². The summed E-state index contributed by atoms with van der Waals surface area (Å²) >= 11 is 0. The van der Waals surface area contributed by atoms with E-state index in [2.05, 4.69) is 16.4 Å². The number of ether oxygens (including phenoxy) is 1. The second-order valence-electron chi connectivity index (χ2n) is 5.91. The number of carboxylic acid groups (broad SMARTS) is 1. The van der Waals surface area contributed by atoms with E-state index in [1.165, 1.54) is 5.56 Å². The number of aromatic nitrogens is 3. The van der Waals surface area contributed by atoms with Gasteiger partial charge in [-0.05, 0) is 49.2 Å². The first-order valence-corrected chi connectivity index (χ1v) is 7.87. The van der Waals surface area contributed by atoms with E-state index in [0.717, 1.165) is 16.7 Å². The van der Waals surface area contributed by atoms with Gasteiger partial charge in [0, 0.05) is 5.56 Å². The molecule has 0 bridgehead atoms. The maximum absolute atomic E-state index is 11.6. The Morgan fingerprint density at radius 1 is 1.16 bits per heavy atom. The van der Waals surface area contributed by atoms with Gasteiger partial charge in [-0.15, -0.1) is 5.10 Å². The molecule has 0 aliphatic heterocycles. The van der Waals surface area contributed by atoms with Crippen molar-refractivity contribution in [3.8, 4) is 17.0 Å². The van der Waals surface area contributed by atoms with Crippen molar-refractivity contribution in [3.05, 3.63) is 64.8 Å². The van der Waals surface area contributed by atoms with E-state index in [1.807, 2.05) is 38.1 Å². The minimum Gasteiger partial charge on any atom is -0.497 e. The van der Waals surface area contributed by atoms with Crippen molar-refractivity contribution < 1.29 is 14.6 Å². The van der Waals surface area contributed by atoms with Gasteiger partial charge in [0.05, 0.1) is 13.7 Å². The molecule has 1 heterocycles. The smallest absolute Gasteiger partial charge is 0.358 e. The van der Waals surface area contributed by atoms with E-state index in [1.54, 1.807) is 23.9 Å². The summed E-state index contributed by atoms with van der Waals surface area (Å²) in [5.74, 6) is -0.397. The monoisotopic (exact) mass is 337 g/mol. The van der Waals surface area contributed by atoms with Crippen LogP contribution in [0.5, 0.6) is 5.75 Å². The van der Waals surface area contributed by atoms with Crippen LogP contribution in [0.3, 0.4) is 0 Å². The van der Waals surface area contributed by atoms with Crippen LogP contribution in [0, 0.1) is 13.8 Å². The van der Waals surface area contributed by atoms with Crippen molar-refractivity contribution >= 4 is 5.97 Å². The molecule has 25 heavy (non-hydrogen) atoms. The van der Waals surface area contributed by atoms with Gasteiger partial charge in [-0.2, -0.15) is 0 Å². The predicted molar refractivity (Wildman–Crippen MR) is 94.0 cm³/mol. The molecule has 1 aromatic heterocycles. The molecule has 0 saturated heterocycles. The van der Waals surface area contributed by atoms with Crippen LogP contribution in [0.2, 0.25) is 0 Å². The van der Waals surface area contributed by atoms with Gasteiger partial charge in [0.2, 0.25) is 0 Å². The average Bonchev–Trinajstić information content (AvgIpc) is 3.01. The largest absolute Gasteiger partial charge is 0.497 e. The fraction of sp³-hybridized carbons (Fsp3) is 0.211. The summed E-state index contributed by atoms with van der Waals surface area (Å²) in [5, 5.41) is 17.4. The van der Waals surface area contributed by atoms with Crippen LogP contribution in [0.25, 0.3) is 11.3 Å². The summed E-state index contributed by atoms with van der Waals surface area (Å²) in [7, 11) is 1.59. The fourth-order valence-corrected chi connectivity index (χ4v) is 2.79. The number of rotatable bonds is 5. The van der Waals surface area contributed by atoms with Crippen molar-refractivity contribution in [2.75, 3.05) is 7.11 Å². The van der Waals surface area contributed by atoms with Crippen molar-refractivity contribution in [1.29, 1.82) is 0 Å². The maximum atomic E-state index is 11.6. The van der Waals surface area contributed by atoms with Gasteiger partial charge in [0.1, 0.15) is 11.4 Å². The third kappa shape index (κ3) is 3.38. The van der Waals surface area contributed by atoms with E-state index in [0.29, 0.717) is 18.0 Å². The second-order valence-corrected chi connectivity index (χ2v) is 5.91. The molecule has 2 aromatic carbocycles. The Kier molecular flexibility index (Phi) is 4.52. The molecular formula is C19H19N3O3. The molecule has 3 rings (SSSR count). The highest BCUT2D eigenvalue weighted by molar-refractivity contribution is 5.92. The number of benzene rings is 2. The summed E-state index contributed by atoms with van der Waals surface area (Å²) in [6.45, 7) is 4.52. The number of methoxy groups -OCH3 is 1. The molecule has 6 nitrogen and oxygen atoms in total. The van der Waals surface area contributed by atoms with Crippen LogP contribution in [0.1, 0.15) is 27.2 Å². The highest BCUT2D eigenvalue weighted by Crippen LogP contribution is 2.26. The lowest BCUT2D eigenvalue weighted by Gasteiger charge is -2.11. The van der Waals surface area contributed by atoms with Crippen LogP contribution in [0.15, 0.2) is 42.5 Å². The van der Waals surface area contributed by atoms with Crippen molar-refractivity contribution in [2.45, 2.75) is 20.4 Å². The lowest BCUT2D eigenvalue weighted by atomic mass is 10.1. The van der Waals surface area contributed by atoms with Crippen LogP contribution in [-0.2, 0) is 6.54 Å². The number of nitrogens with zero attached hydrogens (tertiary/aromatic N) is 3. The van der Waals surface area contributed by atoms with Gasteiger partial charge in [-0.25, -0.2) is 9.48 Å². The summed E-state index contributed by atoms with van der Waals surface area (Å²) in [6.07, 6.45) is 0. The van der Waals surface area contributed by atoms with Gasteiger partial charge in [-0.1, -0.05) is 29.0 Å². The van der Waals surface area contributed by atoms with E-state index in [4.69, 9.17) is 4.74 Å². The predicted octanol–water partition coefficient (Wildman–Crippen LogP) is 3.32. The van der Waals surface area contributed by atoms with Crippen LogP contribution in [0.4, 0.5) is 0 Å². The molecule has 1 N–H and O–H groups in total. The number of carboxylic acids is 1.